The Bertz CT molecular complexity index is 1640. The Hall–Kier alpha value is -3.76. The molecule has 0 saturated heterocycles. The second-order valence-corrected chi connectivity index (χ2v) is 11.5. The first-order valence-corrected chi connectivity index (χ1v) is 14.1. The largest absolute Gasteiger partial charge is 0.495 e. The molecule has 1 saturated carbocycles. The van der Waals surface area contributed by atoms with Gasteiger partial charge < -0.3 is 10.1 Å². The highest BCUT2D eigenvalue weighted by atomic mass is 32.2. The van der Waals surface area contributed by atoms with Gasteiger partial charge in [0.2, 0.25) is 10.0 Å². The van der Waals surface area contributed by atoms with Crippen LogP contribution in [0.4, 0.5) is 5.69 Å². The SMILES string of the molecule is COc1ccc(-c2c(C(=O)Nc3cccc(C)c3)nn3c(C)cc(C)nc23)cc1S(=O)(=O)NC1CCCC1. The van der Waals surface area contributed by atoms with Gasteiger partial charge in [0.1, 0.15) is 10.6 Å². The van der Waals surface area contributed by atoms with Crippen molar-refractivity contribution in [2.24, 2.45) is 0 Å². The van der Waals surface area contributed by atoms with E-state index >= 15 is 0 Å². The summed E-state index contributed by atoms with van der Waals surface area (Å²) in [6, 6.07) is 14.1. The summed E-state index contributed by atoms with van der Waals surface area (Å²) in [6.45, 7) is 5.70. The molecule has 10 heteroatoms. The van der Waals surface area contributed by atoms with E-state index < -0.39 is 15.9 Å². The molecule has 1 aliphatic carbocycles. The number of methoxy groups -OCH3 is 1. The average molecular weight is 534 g/mol. The molecule has 0 bridgehead atoms. The number of benzene rings is 2. The molecule has 1 fully saturated rings. The summed E-state index contributed by atoms with van der Waals surface area (Å²) < 4.78 is 36.8. The van der Waals surface area contributed by atoms with E-state index in [2.05, 4.69) is 20.1 Å². The van der Waals surface area contributed by atoms with E-state index in [-0.39, 0.29) is 22.4 Å². The first-order valence-electron chi connectivity index (χ1n) is 12.6. The smallest absolute Gasteiger partial charge is 0.276 e. The molecule has 0 unspecified atom stereocenters. The summed E-state index contributed by atoms with van der Waals surface area (Å²) in [5.41, 5.74) is 4.75. The third-order valence-corrected chi connectivity index (χ3v) is 8.35. The van der Waals surface area contributed by atoms with Gasteiger partial charge in [-0.25, -0.2) is 22.6 Å². The fourth-order valence-corrected chi connectivity index (χ4v) is 6.53. The highest BCUT2D eigenvalue weighted by molar-refractivity contribution is 7.89. The maximum atomic E-state index is 13.6. The lowest BCUT2D eigenvalue weighted by atomic mass is 10.0. The Morgan fingerprint density at radius 3 is 2.53 bits per heavy atom. The van der Waals surface area contributed by atoms with Gasteiger partial charge in [-0.1, -0.05) is 31.0 Å². The number of rotatable bonds is 7. The van der Waals surface area contributed by atoms with Gasteiger partial charge in [0.05, 0.1) is 12.7 Å². The number of sulfonamides is 1. The number of anilines is 1. The van der Waals surface area contributed by atoms with E-state index in [1.165, 1.54) is 13.2 Å². The van der Waals surface area contributed by atoms with Crippen LogP contribution in [0.1, 0.15) is 53.1 Å². The van der Waals surface area contributed by atoms with E-state index in [0.717, 1.165) is 42.6 Å². The summed E-state index contributed by atoms with van der Waals surface area (Å²) in [5.74, 6) is -0.195. The number of fused-ring (bicyclic) bond motifs is 1. The highest BCUT2D eigenvalue weighted by Gasteiger charge is 2.29. The molecule has 0 atom stereocenters. The van der Waals surface area contributed by atoms with Crippen molar-refractivity contribution >= 4 is 27.3 Å². The van der Waals surface area contributed by atoms with Gasteiger partial charge in [-0.05, 0) is 75.1 Å². The molecule has 2 aromatic heterocycles. The van der Waals surface area contributed by atoms with Crippen molar-refractivity contribution in [2.45, 2.75) is 57.4 Å². The van der Waals surface area contributed by atoms with Crippen molar-refractivity contribution in [1.82, 2.24) is 19.3 Å². The Kier molecular flexibility index (Phi) is 6.93. The number of carbonyl (C=O) groups excluding carboxylic acids is 1. The molecule has 5 rings (SSSR count). The molecule has 0 spiro atoms. The second-order valence-electron chi connectivity index (χ2n) is 9.79. The van der Waals surface area contributed by atoms with Crippen molar-refractivity contribution in [3.63, 3.8) is 0 Å². The minimum atomic E-state index is -3.88. The Morgan fingerprint density at radius 1 is 1.05 bits per heavy atom. The molecular formula is C28H31N5O4S. The first-order chi connectivity index (χ1) is 18.2. The lowest BCUT2D eigenvalue weighted by molar-refractivity contribution is 0.102. The normalized spacial score (nSPS) is 14.2. The molecule has 0 radical (unpaired) electrons. The van der Waals surface area contributed by atoms with Gasteiger partial charge in [-0.15, -0.1) is 0 Å². The predicted molar refractivity (Wildman–Crippen MR) is 146 cm³/mol. The number of aromatic nitrogens is 3. The van der Waals surface area contributed by atoms with E-state index in [9.17, 15) is 13.2 Å². The van der Waals surface area contributed by atoms with Gasteiger partial charge in [-0.3, -0.25) is 4.79 Å². The Labute approximate surface area is 222 Å². The van der Waals surface area contributed by atoms with Crippen molar-refractivity contribution in [3.8, 4) is 16.9 Å². The third kappa shape index (κ3) is 5.01. The van der Waals surface area contributed by atoms with Gasteiger partial charge in [0.25, 0.3) is 5.91 Å². The third-order valence-electron chi connectivity index (χ3n) is 6.80. The van der Waals surface area contributed by atoms with Gasteiger partial charge in [0.15, 0.2) is 11.3 Å². The quantitative estimate of drug-likeness (QED) is 0.353. The lowest BCUT2D eigenvalue weighted by Crippen LogP contribution is -2.32. The van der Waals surface area contributed by atoms with E-state index in [4.69, 9.17) is 4.74 Å². The fraction of sp³-hybridized carbons (Fsp3) is 0.321. The number of carbonyl (C=O) groups is 1. The van der Waals surface area contributed by atoms with Crippen LogP contribution in [-0.2, 0) is 10.0 Å². The summed E-state index contributed by atoms with van der Waals surface area (Å²) in [5, 5.41) is 7.53. The summed E-state index contributed by atoms with van der Waals surface area (Å²) in [4.78, 5) is 18.2. The Balaban J connectivity index is 1.66. The van der Waals surface area contributed by atoms with Gasteiger partial charge >= 0.3 is 0 Å². The van der Waals surface area contributed by atoms with Crippen LogP contribution in [0.15, 0.2) is 53.4 Å². The topological polar surface area (TPSA) is 115 Å². The molecule has 2 heterocycles. The first kappa shape index (κ1) is 25.9. The van der Waals surface area contributed by atoms with Crippen LogP contribution in [0.5, 0.6) is 5.75 Å². The van der Waals surface area contributed by atoms with Crippen molar-refractivity contribution in [3.05, 3.63) is 71.2 Å². The van der Waals surface area contributed by atoms with Crippen molar-refractivity contribution in [2.75, 3.05) is 12.4 Å². The predicted octanol–water partition coefficient (Wildman–Crippen LogP) is 4.80. The molecule has 1 aliphatic rings. The minimum absolute atomic E-state index is 0.0122. The van der Waals surface area contributed by atoms with Crippen LogP contribution in [0.3, 0.4) is 0 Å². The minimum Gasteiger partial charge on any atom is -0.495 e. The fourth-order valence-electron chi connectivity index (χ4n) is 5.03. The number of nitrogens with zero attached hydrogens (tertiary/aromatic N) is 3. The summed E-state index contributed by atoms with van der Waals surface area (Å²) >= 11 is 0. The average Bonchev–Trinajstić information content (AvgIpc) is 3.51. The summed E-state index contributed by atoms with van der Waals surface area (Å²) in [7, 11) is -2.44. The zero-order valence-corrected chi connectivity index (χ0v) is 22.7. The van der Waals surface area contributed by atoms with Crippen LogP contribution in [0, 0.1) is 20.8 Å². The number of aryl methyl sites for hydroxylation is 3. The highest BCUT2D eigenvalue weighted by Crippen LogP contribution is 2.35. The zero-order valence-electron chi connectivity index (χ0n) is 21.9. The lowest BCUT2D eigenvalue weighted by Gasteiger charge is -2.16. The summed E-state index contributed by atoms with van der Waals surface area (Å²) in [6.07, 6.45) is 3.61. The number of hydrogen-bond acceptors (Lipinski definition) is 6. The van der Waals surface area contributed by atoms with E-state index in [0.29, 0.717) is 22.5 Å². The Morgan fingerprint density at radius 2 is 1.82 bits per heavy atom. The van der Waals surface area contributed by atoms with E-state index in [1.807, 2.05) is 45.0 Å². The van der Waals surface area contributed by atoms with Crippen molar-refractivity contribution in [1.29, 1.82) is 0 Å². The van der Waals surface area contributed by atoms with Crippen LogP contribution in [0.2, 0.25) is 0 Å². The van der Waals surface area contributed by atoms with Crippen LogP contribution in [0.25, 0.3) is 16.8 Å². The number of nitrogens with one attached hydrogen (secondary N) is 2. The molecule has 198 valence electrons. The number of ether oxygens (including phenoxy) is 1. The zero-order chi connectivity index (χ0) is 27.0. The molecule has 4 aromatic rings. The monoisotopic (exact) mass is 533 g/mol. The molecule has 2 N–H and O–H groups in total. The van der Waals surface area contributed by atoms with Gasteiger partial charge in [-0.2, -0.15) is 5.10 Å². The van der Waals surface area contributed by atoms with Crippen LogP contribution in [-0.4, -0.2) is 42.1 Å². The molecule has 9 nitrogen and oxygen atoms in total. The maximum absolute atomic E-state index is 13.6. The van der Waals surface area contributed by atoms with Gasteiger partial charge in [0, 0.05) is 23.1 Å². The number of amides is 1. The van der Waals surface area contributed by atoms with Crippen LogP contribution < -0.4 is 14.8 Å². The number of hydrogen-bond donors (Lipinski definition) is 2. The maximum Gasteiger partial charge on any atom is 0.276 e. The molecule has 1 amide bonds. The standard InChI is InChI=1S/C28H31N5O4S/c1-17-8-7-11-22(14-17)30-28(34)26-25(27-29-18(2)15-19(3)33(27)31-26)20-12-13-23(37-4)24(16-20)38(35,36)32-21-9-5-6-10-21/h7-8,11-16,21,32H,5-6,9-10H2,1-4H3,(H,30,34). The van der Waals surface area contributed by atoms with E-state index in [1.54, 1.807) is 22.7 Å². The molecule has 0 aliphatic heterocycles. The molecule has 38 heavy (non-hydrogen) atoms. The second kappa shape index (κ2) is 10.2. The van der Waals surface area contributed by atoms with Crippen LogP contribution >= 0.6 is 0 Å². The van der Waals surface area contributed by atoms with Crippen molar-refractivity contribution < 1.29 is 17.9 Å². The molecular weight excluding hydrogens is 502 g/mol. The molecule has 2 aromatic carbocycles.